The number of imide groups is 1. The van der Waals surface area contributed by atoms with Crippen LogP contribution in [-0.2, 0) is 6.54 Å². The molecule has 7 nitrogen and oxygen atoms in total. The van der Waals surface area contributed by atoms with Gasteiger partial charge in [0.15, 0.2) is 0 Å². The Hall–Kier alpha value is -5.27. The fourth-order valence-electron chi connectivity index (χ4n) is 8.11. The number of nitrogens with zero attached hydrogens (tertiary/aromatic N) is 4. The third-order valence-electron chi connectivity index (χ3n) is 10.5. The van der Waals surface area contributed by atoms with Gasteiger partial charge in [0.05, 0.1) is 28.8 Å². The summed E-state index contributed by atoms with van der Waals surface area (Å²) in [4.78, 5) is 43.5. The molecule has 2 amide bonds. The molecule has 5 aromatic carbocycles. The summed E-state index contributed by atoms with van der Waals surface area (Å²) in [5, 5.41) is 28.2. The summed E-state index contributed by atoms with van der Waals surface area (Å²) in [6.45, 7) is 13.7. The Morgan fingerprint density at radius 1 is 0.667 bits per heavy atom. The summed E-state index contributed by atoms with van der Waals surface area (Å²) in [7, 11) is 0. The van der Waals surface area contributed by atoms with Gasteiger partial charge in [0.2, 0.25) is 0 Å². The highest BCUT2D eigenvalue weighted by atomic mass is 16.2. The average Bonchev–Trinajstić information content (AvgIpc) is 3.10. The van der Waals surface area contributed by atoms with Gasteiger partial charge in [0.25, 0.3) is 17.4 Å². The molecule has 1 aliphatic rings. The predicted octanol–water partition coefficient (Wildman–Crippen LogP) is 8.17. The highest BCUT2D eigenvalue weighted by Crippen LogP contribution is 2.47. The number of amides is 2. The van der Waals surface area contributed by atoms with Crippen molar-refractivity contribution in [2.24, 2.45) is 11.8 Å². The number of nitriles is 2. The lowest BCUT2D eigenvalue weighted by atomic mass is 9.81. The molecule has 0 aliphatic carbocycles. The fourth-order valence-corrected chi connectivity index (χ4v) is 8.11. The first-order chi connectivity index (χ1) is 23.2. The Bertz CT molecular complexity index is 2530. The average molecular weight is 635 g/mol. The third-order valence-corrected chi connectivity index (χ3v) is 10.5. The molecular formula is C41H38N4O3. The molecule has 0 spiro atoms. The van der Waals surface area contributed by atoms with E-state index in [2.05, 4.69) is 46.4 Å². The number of pyridine rings is 1. The lowest BCUT2D eigenvalue weighted by Crippen LogP contribution is -2.42. The van der Waals surface area contributed by atoms with Crippen LogP contribution in [-0.4, -0.2) is 27.8 Å². The fraction of sp³-hybridized carbons (Fsp3) is 0.341. The Morgan fingerprint density at radius 3 is 1.83 bits per heavy atom. The third kappa shape index (κ3) is 4.41. The van der Waals surface area contributed by atoms with E-state index in [4.69, 9.17) is 0 Å². The van der Waals surface area contributed by atoms with E-state index in [-0.39, 0.29) is 23.3 Å². The quantitative estimate of drug-likeness (QED) is 0.0858. The van der Waals surface area contributed by atoms with Crippen LogP contribution in [0.25, 0.3) is 60.4 Å². The maximum absolute atomic E-state index is 14.2. The first kappa shape index (κ1) is 31.3. The Kier molecular flexibility index (Phi) is 7.68. The SMILES string of the molecule is C=c1c2ccc3c4c(C#N)cc5c6c(ccc(c7c(C#N)cc(c(=O)n1CC(C)CCCC)c2c37)c64)C(=O)N(CC(C)CCCC)C5=O. The molecule has 2 heterocycles. The van der Waals surface area contributed by atoms with Crippen LogP contribution < -0.4 is 10.9 Å². The van der Waals surface area contributed by atoms with Crippen molar-refractivity contribution in [2.45, 2.75) is 72.8 Å². The summed E-state index contributed by atoms with van der Waals surface area (Å²) in [5.41, 5.74) is 1.21. The number of carbonyl (C=O) groups is 2. The monoisotopic (exact) mass is 634 g/mol. The highest BCUT2D eigenvalue weighted by molar-refractivity contribution is 6.41. The van der Waals surface area contributed by atoms with Gasteiger partial charge in [0.1, 0.15) is 0 Å². The second kappa shape index (κ2) is 11.8. The van der Waals surface area contributed by atoms with Crippen LogP contribution >= 0.6 is 0 Å². The maximum Gasteiger partial charge on any atom is 0.261 e. The van der Waals surface area contributed by atoms with Crippen LogP contribution in [0.1, 0.15) is 98.1 Å². The van der Waals surface area contributed by atoms with Crippen molar-refractivity contribution in [2.75, 3.05) is 6.54 Å². The number of hydrogen-bond donors (Lipinski definition) is 0. The smallest absolute Gasteiger partial charge is 0.261 e. The van der Waals surface area contributed by atoms with E-state index in [0.717, 1.165) is 54.7 Å². The van der Waals surface area contributed by atoms with Crippen LogP contribution in [0.5, 0.6) is 0 Å². The highest BCUT2D eigenvalue weighted by Gasteiger charge is 2.36. The Balaban J connectivity index is 1.57. The standard InChI is InChI=1S/C41H38N4O3/c1-6-8-10-22(3)20-44-24(5)27-12-13-28-34-26(19-43)17-32-36-30(39(46)45(41(32)48)21-23(4)11-9-7-2)15-14-29(38(34)36)33-25(18-42)16-31(40(44)47)35(27)37(28)33/h12-17,22-23H,5-11,20-21H2,1-4H3. The molecule has 7 rings (SSSR count). The van der Waals surface area contributed by atoms with Crippen molar-refractivity contribution >= 4 is 72.3 Å². The lowest BCUT2D eigenvalue weighted by Gasteiger charge is -2.30. The molecular weight excluding hydrogens is 596 g/mol. The number of unbranched alkanes of at least 4 members (excludes halogenated alkanes) is 2. The minimum absolute atomic E-state index is 0.139. The van der Waals surface area contributed by atoms with Crippen molar-refractivity contribution in [3.05, 3.63) is 74.4 Å². The summed E-state index contributed by atoms with van der Waals surface area (Å²) in [6.07, 6.45) is 6.11. The molecule has 0 bridgehead atoms. The first-order valence-electron chi connectivity index (χ1n) is 17.1. The van der Waals surface area contributed by atoms with E-state index >= 15 is 0 Å². The normalized spacial score (nSPS) is 14.5. The first-order valence-corrected chi connectivity index (χ1v) is 17.1. The van der Waals surface area contributed by atoms with Gasteiger partial charge in [-0.3, -0.25) is 19.3 Å². The van der Waals surface area contributed by atoms with E-state index in [1.54, 1.807) is 22.8 Å². The molecule has 1 aliphatic heterocycles. The largest absolute Gasteiger partial charge is 0.308 e. The topological polar surface area (TPSA) is 107 Å². The second-order valence-electron chi connectivity index (χ2n) is 13.8. The molecule has 240 valence electrons. The lowest BCUT2D eigenvalue weighted by molar-refractivity contribution is 0.0586. The molecule has 6 aromatic rings. The van der Waals surface area contributed by atoms with E-state index < -0.39 is 5.91 Å². The molecule has 0 N–H and O–H groups in total. The zero-order valence-corrected chi connectivity index (χ0v) is 28.0. The summed E-state index contributed by atoms with van der Waals surface area (Å²) < 4.78 is 1.75. The molecule has 2 unspecified atom stereocenters. The number of aromatic nitrogens is 1. The summed E-state index contributed by atoms with van der Waals surface area (Å²) in [5.74, 6) is -0.325. The van der Waals surface area contributed by atoms with E-state index in [1.165, 1.54) is 4.90 Å². The van der Waals surface area contributed by atoms with Crippen molar-refractivity contribution in [1.82, 2.24) is 9.47 Å². The van der Waals surface area contributed by atoms with Gasteiger partial charge < -0.3 is 4.57 Å². The molecule has 2 atom stereocenters. The molecule has 0 radical (unpaired) electrons. The number of fused-ring (bicyclic) bond motifs is 2. The van der Waals surface area contributed by atoms with Gasteiger partial charge >= 0.3 is 0 Å². The van der Waals surface area contributed by atoms with Gasteiger partial charge in [-0.25, -0.2) is 0 Å². The van der Waals surface area contributed by atoms with E-state index in [9.17, 15) is 24.9 Å². The number of hydrogen-bond acceptors (Lipinski definition) is 5. The minimum Gasteiger partial charge on any atom is -0.308 e. The van der Waals surface area contributed by atoms with Gasteiger partial charge in [0, 0.05) is 67.1 Å². The Morgan fingerprint density at radius 2 is 1.21 bits per heavy atom. The maximum atomic E-state index is 14.2. The molecule has 1 aromatic heterocycles. The number of rotatable bonds is 10. The summed E-state index contributed by atoms with van der Waals surface area (Å²) >= 11 is 0. The second-order valence-corrected chi connectivity index (χ2v) is 13.8. The minimum atomic E-state index is -0.400. The zero-order valence-electron chi connectivity index (χ0n) is 28.0. The van der Waals surface area contributed by atoms with Crippen molar-refractivity contribution in [3.8, 4) is 12.1 Å². The van der Waals surface area contributed by atoms with Crippen LogP contribution in [0.4, 0.5) is 0 Å². The van der Waals surface area contributed by atoms with Crippen LogP contribution in [0.2, 0.25) is 0 Å². The number of carbonyl (C=O) groups excluding carboxylic acids is 2. The van der Waals surface area contributed by atoms with Crippen LogP contribution in [0.3, 0.4) is 0 Å². The van der Waals surface area contributed by atoms with Gasteiger partial charge in [-0.2, -0.15) is 10.5 Å². The predicted molar refractivity (Wildman–Crippen MR) is 192 cm³/mol. The molecule has 7 heteroatoms. The Labute approximate surface area is 279 Å². The van der Waals surface area contributed by atoms with E-state index in [0.29, 0.717) is 78.4 Å². The zero-order chi connectivity index (χ0) is 34.0. The van der Waals surface area contributed by atoms with Gasteiger partial charge in [-0.15, -0.1) is 0 Å². The van der Waals surface area contributed by atoms with Crippen molar-refractivity contribution in [1.29, 1.82) is 10.5 Å². The van der Waals surface area contributed by atoms with Gasteiger partial charge in [-0.1, -0.05) is 78.2 Å². The van der Waals surface area contributed by atoms with Crippen LogP contribution in [0, 0.1) is 34.5 Å². The summed E-state index contributed by atoms with van der Waals surface area (Å²) in [6, 6.07) is 15.5. The molecule has 0 saturated heterocycles. The van der Waals surface area contributed by atoms with Crippen molar-refractivity contribution in [3.63, 3.8) is 0 Å². The van der Waals surface area contributed by atoms with Crippen molar-refractivity contribution < 1.29 is 9.59 Å². The number of benzene rings is 5. The van der Waals surface area contributed by atoms with E-state index in [1.807, 2.05) is 18.2 Å². The molecule has 0 saturated carbocycles. The molecule has 0 fully saturated rings. The molecule has 48 heavy (non-hydrogen) atoms. The van der Waals surface area contributed by atoms with Crippen LogP contribution in [0.15, 0.2) is 41.2 Å². The van der Waals surface area contributed by atoms with Gasteiger partial charge in [-0.05, 0) is 53.6 Å².